The number of hydrogen-bond acceptors (Lipinski definition) is 3. The van der Waals surface area contributed by atoms with Crippen LogP contribution in [0.15, 0.2) is 30.3 Å². The summed E-state index contributed by atoms with van der Waals surface area (Å²) in [5, 5.41) is 5.50. The van der Waals surface area contributed by atoms with Crippen LogP contribution in [-0.4, -0.2) is 19.6 Å². The summed E-state index contributed by atoms with van der Waals surface area (Å²) in [5.74, 6) is 1.81. The Kier molecular flexibility index (Phi) is 4.80. The number of aromatic nitrogens is 3. The Balaban J connectivity index is 1.76. The maximum absolute atomic E-state index is 5.53. The Morgan fingerprint density at radius 2 is 1.90 bits per heavy atom. The molecule has 1 fully saturated rings. The second-order valence-electron chi connectivity index (χ2n) is 5.59. The fourth-order valence-corrected chi connectivity index (χ4v) is 4.29. The van der Waals surface area contributed by atoms with Gasteiger partial charge in [0.2, 0.25) is 0 Å². The molecular formula is C16H21N3S2. The molecule has 1 aromatic heterocycles. The number of rotatable bonds is 4. The number of hydrogen-bond donors (Lipinski definition) is 0. The van der Waals surface area contributed by atoms with Gasteiger partial charge in [-0.25, -0.2) is 4.68 Å². The van der Waals surface area contributed by atoms with Crippen LogP contribution in [0.25, 0.3) is 11.4 Å². The van der Waals surface area contributed by atoms with Crippen molar-refractivity contribution in [2.24, 2.45) is 7.05 Å². The van der Waals surface area contributed by atoms with Crippen LogP contribution in [0.2, 0.25) is 0 Å². The minimum absolute atomic E-state index is 0.780. The highest BCUT2D eigenvalue weighted by Gasteiger charge is 2.15. The van der Waals surface area contributed by atoms with Crippen LogP contribution < -0.4 is 0 Å². The van der Waals surface area contributed by atoms with Gasteiger partial charge in [0.25, 0.3) is 0 Å². The van der Waals surface area contributed by atoms with E-state index in [0.717, 1.165) is 27.3 Å². The molecule has 0 aliphatic heterocycles. The first-order valence-corrected chi connectivity index (χ1v) is 9.02. The number of benzene rings is 1. The highest BCUT2D eigenvalue weighted by Crippen LogP contribution is 2.29. The van der Waals surface area contributed by atoms with Crippen molar-refractivity contribution >= 4 is 24.0 Å². The van der Waals surface area contributed by atoms with Gasteiger partial charge in [0, 0.05) is 17.9 Å². The van der Waals surface area contributed by atoms with E-state index < -0.39 is 0 Å². The maximum Gasteiger partial charge on any atom is 0.198 e. The molecule has 21 heavy (non-hydrogen) atoms. The van der Waals surface area contributed by atoms with Crippen molar-refractivity contribution in [2.75, 3.05) is 0 Å². The van der Waals surface area contributed by atoms with Gasteiger partial charge in [-0.2, -0.15) is 5.10 Å². The lowest BCUT2D eigenvalue weighted by Crippen LogP contribution is -2.10. The first kappa shape index (κ1) is 14.9. The Labute approximate surface area is 135 Å². The monoisotopic (exact) mass is 319 g/mol. The summed E-state index contributed by atoms with van der Waals surface area (Å²) in [4.78, 5) is 0. The molecule has 0 bridgehead atoms. The highest BCUT2D eigenvalue weighted by molar-refractivity contribution is 7.98. The van der Waals surface area contributed by atoms with Gasteiger partial charge in [0.15, 0.2) is 10.6 Å². The lowest BCUT2D eigenvalue weighted by Gasteiger charge is -2.20. The summed E-state index contributed by atoms with van der Waals surface area (Å²) in [6.07, 6.45) is 6.84. The molecule has 2 aromatic rings. The molecule has 5 heteroatoms. The zero-order valence-corrected chi connectivity index (χ0v) is 14.0. The van der Waals surface area contributed by atoms with E-state index in [0.29, 0.717) is 0 Å². The smallest absolute Gasteiger partial charge is 0.198 e. The van der Waals surface area contributed by atoms with Crippen molar-refractivity contribution in [3.63, 3.8) is 0 Å². The van der Waals surface area contributed by atoms with E-state index in [1.54, 1.807) is 0 Å². The van der Waals surface area contributed by atoms with Crippen molar-refractivity contribution in [3.05, 3.63) is 35.1 Å². The van der Waals surface area contributed by atoms with Crippen molar-refractivity contribution in [2.45, 2.75) is 43.2 Å². The molecule has 3 rings (SSSR count). The highest BCUT2D eigenvalue weighted by atomic mass is 32.2. The fraction of sp³-hybridized carbons (Fsp3) is 0.500. The molecule has 1 aliphatic rings. The summed E-state index contributed by atoms with van der Waals surface area (Å²) in [7, 11) is 2.00. The Bertz CT molecular complexity index is 639. The van der Waals surface area contributed by atoms with Crippen LogP contribution >= 0.6 is 24.0 Å². The average Bonchev–Trinajstić information content (AvgIpc) is 2.83. The van der Waals surface area contributed by atoms with Gasteiger partial charge in [-0.15, -0.1) is 11.8 Å². The van der Waals surface area contributed by atoms with Crippen molar-refractivity contribution in [3.8, 4) is 11.4 Å². The molecule has 1 aliphatic carbocycles. The predicted octanol–water partition coefficient (Wildman–Crippen LogP) is 4.64. The Hall–Kier alpha value is -1.07. The van der Waals surface area contributed by atoms with Gasteiger partial charge in [-0.05, 0) is 25.1 Å². The van der Waals surface area contributed by atoms with Gasteiger partial charge in [-0.1, -0.05) is 49.6 Å². The second-order valence-corrected chi connectivity index (χ2v) is 7.21. The van der Waals surface area contributed by atoms with E-state index in [-0.39, 0.29) is 0 Å². The molecule has 1 saturated carbocycles. The molecule has 0 amide bonds. The third-order valence-corrected chi connectivity index (χ3v) is 5.88. The molecule has 0 saturated heterocycles. The molecule has 3 nitrogen and oxygen atoms in total. The zero-order valence-electron chi connectivity index (χ0n) is 12.4. The topological polar surface area (TPSA) is 22.8 Å². The SMILES string of the molecule is Cn1c(-c2ccccc2)nn(CSC2CCCCC2)c1=S. The van der Waals surface area contributed by atoms with Crippen molar-refractivity contribution in [1.82, 2.24) is 14.3 Å². The lowest BCUT2D eigenvalue weighted by molar-refractivity contribution is 0.514. The molecule has 0 atom stereocenters. The van der Waals surface area contributed by atoms with Crippen molar-refractivity contribution < 1.29 is 0 Å². The van der Waals surface area contributed by atoms with E-state index in [1.807, 2.05) is 46.3 Å². The summed E-state index contributed by atoms with van der Waals surface area (Å²) in [6, 6.07) is 10.3. The second kappa shape index (κ2) is 6.79. The van der Waals surface area contributed by atoms with Gasteiger partial charge in [0.1, 0.15) is 0 Å². The Morgan fingerprint density at radius 3 is 2.62 bits per heavy atom. The third-order valence-electron chi connectivity index (χ3n) is 4.06. The van der Waals surface area contributed by atoms with E-state index in [9.17, 15) is 0 Å². The quantitative estimate of drug-likeness (QED) is 0.767. The van der Waals surface area contributed by atoms with E-state index in [4.69, 9.17) is 17.3 Å². The molecule has 1 heterocycles. The van der Waals surface area contributed by atoms with Gasteiger partial charge >= 0.3 is 0 Å². The molecule has 0 spiro atoms. The third kappa shape index (κ3) is 3.40. The van der Waals surface area contributed by atoms with E-state index in [1.165, 1.54) is 32.1 Å². The first-order chi connectivity index (χ1) is 10.3. The summed E-state index contributed by atoms with van der Waals surface area (Å²) in [5.41, 5.74) is 1.12. The minimum Gasteiger partial charge on any atom is -0.303 e. The van der Waals surface area contributed by atoms with Gasteiger partial charge in [0.05, 0.1) is 5.88 Å². The predicted molar refractivity (Wildman–Crippen MR) is 91.9 cm³/mol. The molecular weight excluding hydrogens is 298 g/mol. The molecule has 0 N–H and O–H groups in total. The maximum atomic E-state index is 5.53. The number of thioether (sulfide) groups is 1. The first-order valence-electron chi connectivity index (χ1n) is 7.56. The average molecular weight is 319 g/mol. The largest absolute Gasteiger partial charge is 0.303 e. The number of nitrogens with zero attached hydrogens (tertiary/aromatic N) is 3. The molecule has 1 aromatic carbocycles. The molecule has 0 unspecified atom stereocenters. The summed E-state index contributed by atoms with van der Waals surface area (Å²) in [6.45, 7) is 0. The van der Waals surface area contributed by atoms with Crippen LogP contribution in [0.3, 0.4) is 0 Å². The van der Waals surface area contributed by atoms with E-state index in [2.05, 4.69) is 12.1 Å². The summed E-state index contributed by atoms with van der Waals surface area (Å²) >= 11 is 7.53. The van der Waals surface area contributed by atoms with Crippen LogP contribution in [0, 0.1) is 4.77 Å². The Morgan fingerprint density at radius 1 is 1.19 bits per heavy atom. The summed E-state index contributed by atoms with van der Waals surface area (Å²) < 4.78 is 4.78. The van der Waals surface area contributed by atoms with Gasteiger partial charge in [-0.3, -0.25) is 0 Å². The minimum atomic E-state index is 0.780. The normalized spacial score (nSPS) is 16.2. The molecule has 0 radical (unpaired) electrons. The van der Waals surface area contributed by atoms with Crippen LogP contribution in [0.4, 0.5) is 0 Å². The molecule has 112 valence electrons. The zero-order chi connectivity index (χ0) is 14.7. The van der Waals surface area contributed by atoms with Crippen LogP contribution in [0.1, 0.15) is 32.1 Å². The van der Waals surface area contributed by atoms with Gasteiger partial charge < -0.3 is 4.57 Å². The lowest BCUT2D eigenvalue weighted by atomic mass is 10.0. The van der Waals surface area contributed by atoms with Crippen molar-refractivity contribution in [1.29, 1.82) is 0 Å². The van der Waals surface area contributed by atoms with Crippen LogP contribution in [-0.2, 0) is 12.9 Å². The standard InChI is InChI=1S/C16H21N3S2/c1-18-15(13-8-4-2-5-9-13)17-19(16(18)20)12-21-14-10-6-3-7-11-14/h2,4-5,8-9,14H,3,6-7,10-12H2,1H3. The fourth-order valence-electron chi connectivity index (χ4n) is 2.82. The van der Waals surface area contributed by atoms with Crippen LogP contribution in [0.5, 0.6) is 0 Å². The van der Waals surface area contributed by atoms with E-state index >= 15 is 0 Å².